The van der Waals surface area contributed by atoms with Crippen molar-refractivity contribution in [1.82, 2.24) is 5.32 Å². The second kappa shape index (κ2) is 6.43. The van der Waals surface area contributed by atoms with E-state index in [1.54, 1.807) is 0 Å². The van der Waals surface area contributed by atoms with E-state index in [4.69, 9.17) is 16.3 Å². The van der Waals surface area contributed by atoms with Crippen LogP contribution in [0.1, 0.15) is 12.5 Å². The van der Waals surface area contributed by atoms with Gasteiger partial charge in [0.25, 0.3) is 0 Å². The van der Waals surface area contributed by atoms with Gasteiger partial charge in [-0.1, -0.05) is 30.3 Å². The Bertz CT molecular complexity index is 583. The standard InChI is InChI=1S/C15H16ClNO2/c1-2-19-14-8-7-11-5-3-4-6-12(11)13(14)10-17-15(18)9-16/h3-8H,2,9-10H2,1H3,(H,17,18). The van der Waals surface area contributed by atoms with E-state index in [1.165, 1.54) is 0 Å². The summed E-state index contributed by atoms with van der Waals surface area (Å²) in [6, 6.07) is 12.0. The van der Waals surface area contributed by atoms with Gasteiger partial charge in [0, 0.05) is 12.1 Å². The maximum Gasteiger partial charge on any atom is 0.235 e. The lowest BCUT2D eigenvalue weighted by Gasteiger charge is -2.13. The Labute approximate surface area is 117 Å². The van der Waals surface area contributed by atoms with Crippen molar-refractivity contribution in [3.8, 4) is 5.75 Å². The molecule has 0 bridgehead atoms. The van der Waals surface area contributed by atoms with E-state index in [9.17, 15) is 4.79 Å². The lowest BCUT2D eigenvalue weighted by Crippen LogP contribution is -2.24. The molecule has 4 heteroatoms. The highest BCUT2D eigenvalue weighted by molar-refractivity contribution is 6.27. The molecule has 0 heterocycles. The Morgan fingerprint density at radius 3 is 2.79 bits per heavy atom. The fourth-order valence-electron chi connectivity index (χ4n) is 2.02. The van der Waals surface area contributed by atoms with Crippen LogP contribution >= 0.6 is 11.6 Å². The molecule has 0 saturated carbocycles. The number of ether oxygens (including phenoxy) is 1. The smallest absolute Gasteiger partial charge is 0.235 e. The van der Waals surface area contributed by atoms with Crippen LogP contribution < -0.4 is 10.1 Å². The first-order valence-electron chi connectivity index (χ1n) is 6.22. The molecule has 3 nitrogen and oxygen atoms in total. The molecule has 0 unspecified atom stereocenters. The van der Waals surface area contributed by atoms with Crippen LogP contribution in [0.4, 0.5) is 0 Å². The van der Waals surface area contributed by atoms with Gasteiger partial charge in [0.05, 0.1) is 6.61 Å². The molecule has 0 radical (unpaired) electrons. The quantitative estimate of drug-likeness (QED) is 0.853. The van der Waals surface area contributed by atoms with E-state index < -0.39 is 0 Å². The molecule has 0 aliphatic heterocycles. The van der Waals surface area contributed by atoms with Gasteiger partial charge in [-0.25, -0.2) is 0 Å². The number of amides is 1. The van der Waals surface area contributed by atoms with Crippen LogP contribution in [-0.2, 0) is 11.3 Å². The van der Waals surface area contributed by atoms with Crippen molar-refractivity contribution in [3.05, 3.63) is 42.0 Å². The molecule has 1 amide bonds. The van der Waals surface area contributed by atoms with Gasteiger partial charge in [-0.05, 0) is 23.8 Å². The first-order chi connectivity index (χ1) is 9.26. The number of hydrogen-bond acceptors (Lipinski definition) is 2. The van der Waals surface area contributed by atoms with Gasteiger partial charge in [0.15, 0.2) is 0 Å². The summed E-state index contributed by atoms with van der Waals surface area (Å²) in [6.07, 6.45) is 0. The van der Waals surface area contributed by atoms with E-state index in [1.807, 2.05) is 43.3 Å². The molecule has 0 atom stereocenters. The zero-order valence-electron chi connectivity index (χ0n) is 10.8. The highest BCUT2D eigenvalue weighted by Gasteiger charge is 2.09. The highest BCUT2D eigenvalue weighted by Crippen LogP contribution is 2.28. The third-order valence-corrected chi connectivity index (χ3v) is 3.12. The van der Waals surface area contributed by atoms with Crippen LogP contribution in [0, 0.1) is 0 Å². The molecule has 0 saturated heterocycles. The maximum atomic E-state index is 11.3. The van der Waals surface area contributed by atoms with Crippen LogP contribution in [0.25, 0.3) is 10.8 Å². The van der Waals surface area contributed by atoms with Gasteiger partial charge in [-0.2, -0.15) is 0 Å². The third-order valence-electron chi connectivity index (χ3n) is 2.88. The van der Waals surface area contributed by atoms with E-state index in [0.29, 0.717) is 13.2 Å². The average molecular weight is 278 g/mol. The van der Waals surface area contributed by atoms with E-state index in [2.05, 4.69) is 5.32 Å². The summed E-state index contributed by atoms with van der Waals surface area (Å²) in [6.45, 7) is 2.95. The zero-order valence-corrected chi connectivity index (χ0v) is 11.5. The summed E-state index contributed by atoms with van der Waals surface area (Å²) in [7, 11) is 0. The molecule has 0 aliphatic rings. The number of alkyl halides is 1. The minimum Gasteiger partial charge on any atom is -0.494 e. The number of benzene rings is 2. The summed E-state index contributed by atoms with van der Waals surface area (Å²) in [5.74, 6) is 0.586. The van der Waals surface area contributed by atoms with Gasteiger partial charge in [-0.3, -0.25) is 4.79 Å². The second-order valence-corrected chi connectivity index (χ2v) is 4.37. The van der Waals surface area contributed by atoms with Crippen LogP contribution in [0.3, 0.4) is 0 Å². The first-order valence-corrected chi connectivity index (χ1v) is 6.75. The zero-order chi connectivity index (χ0) is 13.7. The van der Waals surface area contributed by atoms with Gasteiger partial charge >= 0.3 is 0 Å². The first kappa shape index (κ1) is 13.7. The lowest BCUT2D eigenvalue weighted by molar-refractivity contribution is -0.118. The Kier molecular flexibility index (Phi) is 4.63. The summed E-state index contributed by atoms with van der Waals surface area (Å²) >= 11 is 5.49. The molecule has 0 aliphatic carbocycles. The maximum absolute atomic E-state index is 11.3. The Morgan fingerprint density at radius 1 is 1.26 bits per heavy atom. The summed E-state index contributed by atoms with van der Waals surface area (Å²) in [5.41, 5.74) is 0.985. The number of fused-ring (bicyclic) bond motifs is 1. The van der Waals surface area contributed by atoms with E-state index in [0.717, 1.165) is 22.1 Å². The summed E-state index contributed by atoms with van der Waals surface area (Å²) in [5, 5.41) is 5.00. The topological polar surface area (TPSA) is 38.3 Å². The Balaban J connectivity index is 2.40. The largest absolute Gasteiger partial charge is 0.494 e. The molecule has 0 fully saturated rings. The number of halogens is 1. The minimum absolute atomic E-state index is 0.0330. The van der Waals surface area contributed by atoms with Crippen molar-refractivity contribution in [1.29, 1.82) is 0 Å². The summed E-state index contributed by atoms with van der Waals surface area (Å²) < 4.78 is 5.63. The average Bonchev–Trinajstić information content (AvgIpc) is 2.45. The fourth-order valence-corrected chi connectivity index (χ4v) is 2.12. The molecule has 100 valence electrons. The molecular weight excluding hydrogens is 262 g/mol. The molecule has 1 N–H and O–H groups in total. The molecular formula is C15H16ClNO2. The normalized spacial score (nSPS) is 10.4. The van der Waals surface area contributed by atoms with Crippen LogP contribution in [0.2, 0.25) is 0 Å². The van der Waals surface area contributed by atoms with Crippen LogP contribution in [-0.4, -0.2) is 18.4 Å². The molecule has 0 aromatic heterocycles. The second-order valence-electron chi connectivity index (χ2n) is 4.11. The molecule has 19 heavy (non-hydrogen) atoms. The van der Waals surface area contributed by atoms with Gasteiger partial charge in [0.2, 0.25) is 5.91 Å². The van der Waals surface area contributed by atoms with Crippen molar-refractivity contribution in [2.24, 2.45) is 0 Å². The minimum atomic E-state index is -0.183. The lowest BCUT2D eigenvalue weighted by atomic mass is 10.0. The molecule has 0 spiro atoms. The number of nitrogens with one attached hydrogen (secondary N) is 1. The predicted octanol–water partition coefficient (Wildman–Crippen LogP) is 3.09. The van der Waals surface area contributed by atoms with E-state index >= 15 is 0 Å². The van der Waals surface area contributed by atoms with Crippen molar-refractivity contribution in [2.75, 3.05) is 12.5 Å². The molecule has 2 rings (SSSR count). The van der Waals surface area contributed by atoms with Crippen LogP contribution in [0.15, 0.2) is 36.4 Å². The third kappa shape index (κ3) is 3.18. The molecule has 2 aromatic carbocycles. The number of carbonyl (C=O) groups is 1. The Hall–Kier alpha value is -1.74. The van der Waals surface area contributed by atoms with Crippen molar-refractivity contribution in [3.63, 3.8) is 0 Å². The van der Waals surface area contributed by atoms with Gasteiger partial charge < -0.3 is 10.1 Å². The van der Waals surface area contributed by atoms with Crippen molar-refractivity contribution < 1.29 is 9.53 Å². The van der Waals surface area contributed by atoms with Gasteiger partial charge in [-0.15, -0.1) is 11.6 Å². The number of carbonyl (C=O) groups excluding carboxylic acids is 1. The Morgan fingerprint density at radius 2 is 2.05 bits per heavy atom. The van der Waals surface area contributed by atoms with Crippen molar-refractivity contribution >= 4 is 28.3 Å². The molecule has 2 aromatic rings. The van der Waals surface area contributed by atoms with Crippen LogP contribution in [0.5, 0.6) is 5.75 Å². The SMILES string of the molecule is CCOc1ccc2ccccc2c1CNC(=O)CCl. The highest BCUT2D eigenvalue weighted by atomic mass is 35.5. The predicted molar refractivity (Wildman–Crippen MR) is 77.7 cm³/mol. The summed E-state index contributed by atoms with van der Waals surface area (Å²) in [4.78, 5) is 11.3. The number of hydrogen-bond donors (Lipinski definition) is 1. The fraction of sp³-hybridized carbons (Fsp3) is 0.267. The number of rotatable bonds is 5. The van der Waals surface area contributed by atoms with Gasteiger partial charge in [0.1, 0.15) is 11.6 Å². The van der Waals surface area contributed by atoms with E-state index in [-0.39, 0.29) is 11.8 Å². The van der Waals surface area contributed by atoms with Crippen molar-refractivity contribution in [2.45, 2.75) is 13.5 Å². The monoisotopic (exact) mass is 277 g/mol.